The first-order valence-corrected chi connectivity index (χ1v) is 10.8. The van der Waals surface area contributed by atoms with Crippen LogP contribution < -0.4 is 14.8 Å². The zero-order valence-corrected chi connectivity index (χ0v) is 17.5. The van der Waals surface area contributed by atoms with Gasteiger partial charge in [0.25, 0.3) is 0 Å². The van der Waals surface area contributed by atoms with Gasteiger partial charge in [0, 0.05) is 16.8 Å². The molecule has 1 saturated carbocycles. The van der Waals surface area contributed by atoms with Crippen LogP contribution in [0.2, 0.25) is 0 Å². The lowest BCUT2D eigenvalue weighted by atomic mass is 9.95. The third-order valence-corrected chi connectivity index (χ3v) is 6.71. The predicted octanol–water partition coefficient (Wildman–Crippen LogP) is 5.37. The average molecular weight is 409 g/mol. The van der Waals surface area contributed by atoms with E-state index in [0.29, 0.717) is 6.04 Å². The Kier molecular flexibility index (Phi) is 4.75. The number of aromatic nitrogens is 3. The maximum Gasteiger partial charge on any atom is 0.162 e. The number of methoxy groups -OCH3 is 2. The van der Waals surface area contributed by atoms with E-state index in [1.807, 2.05) is 35.0 Å². The molecule has 0 atom stereocenters. The van der Waals surface area contributed by atoms with E-state index in [9.17, 15) is 0 Å². The molecule has 0 amide bonds. The summed E-state index contributed by atoms with van der Waals surface area (Å²) in [5, 5.41) is 9.57. The van der Waals surface area contributed by atoms with E-state index in [2.05, 4.69) is 16.4 Å². The molecule has 1 fully saturated rings. The van der Waals surface area contributed by atoms with E-state index in [1.54, 1.807) is 25.6 Å². The summed E-state index contributed by atoms with van der Waals surface area (Å²) >= 11 is 1.70. The number of hydrogen-bond acceptors (Lipinski definition) is 6. The van der Waals surface area contributed by atoms with Crippen LogP contribution in [0, 0.1) is 0 Å². The van der Waals surface area contributed by atoms with E-state index in [0.717, 1.165) is 43.6 Å². The van der Waals surface area contributed by atoms with Crippen molar-refractivity contribution in [2.24, 2.45) is 0 Å². The van der Waals surface area contributed by atoms with Crippen molar-refractivity contribution in [3.05, 3.63) is 36.5 Å². The second-order valence-electron chi connectivity index (χ2n) is 7.47. The third-order valence-electron chi connectivity index (χ3n) is 5.59. The zero-order chi connectivity index (χ0) is 19.8. The molecule has 0 bridgehead atoms. The molecule has 5 rings (SSSR count). The maximum absolute atomic E-state index is 5.45. The number of rotatable bonds is 5. The molecule has 7 heteroatoms. The van der Waals surface area contributed by atoms with Crippen molar-refractivity contribution in [2.75, 3.05) is 19.5 Å². The summed E-state index contributed by atoms with van der Waals surface area (Å²) < 4.78 is 14.0. The fourth-order valence-corrected chi connectivity index (χ4v) is 5.14. The minimum Gasteiger partial charge on any atom is -0.493 e. The summed E-state index contributed by atoms with van der Waals surface area (Å²) in [5.41, 5.74) is 1.84. The largest absolute Gasteiger partial charge is 0.493 e. The Morgan fingerprint density at radius 2 is 1.83 bits per heavy atom. The van der Waals surface area contributed by atoms with Gasteiger partial charge in [0.2, 0.25) is 0 Å². The maximum atomic E-state index is 5.45. The van der Waals surface area contributed by atoms with Gasteiger partial charge in [-0.15, -0.1) is 16.4 Å². The first-order chi connectivity index (χ1) is 14.2. The molecular weight excluding hydrogens is 384 g/mol. The lowest BCUT2D eigenvalue weighted by molar-refractivity contribution is 0.356. The van der Waals surface area contributed by atoms with E-state index in [1.165, 1.54) is 32.1 Å². The lowest BCUT2D eigenvalue weighted by Gasteiger charge is -2.23. The number of anilines is 1. The number of hydrogen-bond donors (Lipinski definition) is 1. The van der Waals surface area contributed by atoms with Gasteiger partial charge < -0.3 is 14.8 Å². The van der Waals surface area contributed by atoms with Gasteiger partial charge in [-0.1, -0.05) is 19.3 Å². The van der Waals surface area contributed by atoms with Crippen LogP contribution in [0.25, 0.3) is 26.3 Å². The summed E-state index contributed by atoms with van der Waals surface area (Å²) in [4.78, 5) is 5.67. The molecule has 1 N–H and O–H groups in total. The van der Waals surface area contributed by atoms with Gasteiger partial charge in [-0.3, -0.25) is 0 Å². The highest BCUT2D eigenvalue weighted by Gasteiger charge is 2.16. The van der Waals surface area contributed by atoms with E-state index < -0.39 is 0 Å². The van der Waals surface area contributed by atoms with Crippen LogP contribution in [0.5, 0.6) is 11.5 Å². The van der Waals surface area contributed by atoms with Crippen molar-refractivity contribution in [2.45, 2.75) is 38.1 Å². The number of fused-ring (bicyclic) bond motifs is 2. The zero-order valence-electron chi connectivity index (χ0n) is 16.6. The summed E-state index contributed by atoms with van der Waals surface area (Å²) in [6.45, 7) is 0. The Morgan fingerprint density at radius 1 is 1.03 bits per heavy atom. The van der Waals surface area contributed by atoms with E-state index in [4.69, 9.17) is 14.6 Å². The van der Waals surface area contributed by atoms with Crippen molar-refractivity contribution in [3.63, 3.8) is 0 Å². The van der Waals surface area contributed by atoms with Gasteiger partial charge in [0.15, 0.2) is 17.1 Å². The first kappa shape index (κ1) is 18.2. The fourth-order valence-electron chi connectivity index (χ4n) is 4.07. The van der Waals surface area contributed by atoms with Crippen LogP contribution in [-0.4, -0.2) is 34.9 Å². The highest BCUT2D eigenvalue weighted by molar-refractivity contribution is 7.22. The number of nitrogens with one attached hydrogen (secondary N) is 1. The molecule has 0 spiro atoms. The van der Waals surface area contributed by atoms with Gasteiger partial charge >= 0.3 is 0 Å². The highest BCUT2D eigenvalue weighted by atomic mass is 32.1. The molecule has 6 nitrogen and oxygen atoms in total. The molecule has 150 valence electrons. The minimum absolute atomic E-state index is 0.518. The molecule has 1 aromatic carbocycles. The molecule has 1 aliphatic carbocycles. The van der Waals surface area contributed by atoms with Gasteiger partial charge in [0.05, 0.1) is 25.3 Å². The number of benzene rings is 1. The monoisotopic (exact) mass is 408 g/mol. The Hall–Kier alpha value is -2.80. The van der Waals surface area contributed by atoms with E-state index in [-0.39, 0.29) is 0 Å². The summed E-state index contributed by atoms with van der Waals surface area (Å²) in [6.07, 6.45) is 8.27. The van der Waals surface area contributed by atoms with Crippen LogP contribution in [0.15, 0.2) is 36.5 Å². The highest BCUT2D eigenvalue weighted by Crippen LogP contribution is 2.39. The average Bonchev–Trinajstić information content (AvgIpc) is 3.36. The summed E-state index contributed by atoms with van der Waals surface area (Å²) in [5.74, 6) is 2.39. The fraction of sp³-hybridized carbons (Fsp3) is 0.364. The predicted molar refractivity (Wildman–Crippen MR) is 117 cm³/mol. The van der Waals surface area contributed by atoms with Crippen molar-refractivity contribution in [3.8, 4) is 22.1 Å². The SMILES string of the molecule is COc1cc2cc(-c3cnc4ccc(NC5CCCCC5)nn34)sc2cc1OC. The molecule has 4 aromatic rings. The third kappa shape index (κ3) is 3.40. The lowest BCUT2D eigenvalue weighted by Crippen LogP contribution is -2.23. The summed E-state index contributed by atoms with van der Waals surface area (Å²) in [6, 6.07) is 10.8. The van der Waals surface area contributed by atoms with E-state index >= 15 is 0 Å². The van der Waals surface area contributed by atoms with Gasteiger partial charge in [-0.2, -0.15) is 0 Å². The molecule has 0 saturated heterocycles. The number of imidazole rings is 1. The van der Waals surface area contributed by atoms with Crippen LogP contribution in [0.4, 0.5) is 5.82 Å². The van der Waals surface area contributed by atoms with Crippen molar-refractivity contribution < 1.29 is 9.47 Å². The molecule has 29 heavy (non-hydrogen) atoms. The minimum atomic E-state index is 0.518. The Balaban J connectivity index is 1.53. The van der Waals surface area contributed by atoms with Crippen LogP contribution >= 0.6 is 11.3 Å². The second-order valence-corrected chi connectivity index (χ2v) is 8.55. The Labute approximate surface area is 173 Å². The second kappa shape index (κ2) is 7.55. The van der Waals surface area contributed by atoms with Gasteiger partial charge in [0.1, 0.15) is 11.5 Å². The quantitative estimate of drug-likeness (QED) is 0.481. The Bertz CT molecular complexity index is 1120. The smallest absolute Gasteiger partial charge is 0.162 e. The molecule has 0 unspecified atom stereocenters. The molecule has 0 aliphatic heterocycles. The van der Waals surface area contributed by atoms with Crippen molar-refractivity contribution >= 4 is 32.9 Å². The Morgan fingerprint density at radius 3 is 2.62 bits per heavy atom. The van der Waals surface area contributed by atoms with Gasteiger partial charge in [-0.25, -0.2) is 9.50 Å². The van der Waals surface area contributed by atoms with Crippen LogP contribution in [0.3, 0.4) is 0 Å². The molecule has 1 aliphatic rings. The van der Waals surface area contributed by atoms with Crippen molar-refractivity contribution in [1.29, 1.82) is 0 Å². The number of ether oxygens (including phenoxy) is 2. The standard InChI is InChI=1S/C22H24N4O2S/c1-27-17-10-14-11-20(29-19(14)12-18(17)28-2)16-13-23-22-9-8-21(25-26(16)22)24-15-6-4-3-5-7-15/h8-13,15H,3-7H2,1-2H3,(H,24,25). The van der Waals surface area contributed by atoms with Crippen molar-refractivity contribution in [1.82, 2.24) is 14.6 Å². The number of thiophene rings is 1. The topological polar surface area (TPSA) is 60.7 Å². The molecule has 0 radical (unpaired) electrons. The number of nitrogens with zero attached hydrogens (tertiary/aromatic N) is 3. The summed E-state index contributed by atoms with van der Waals surface area (Å²) in [7, 11) is 3.32. The van der Waals surface area contributed by atoms with Gasteiger partial charge in [-0.05, 0) is 42.5 Å². The molecule has 3 aromatic heterocycles. The normalized spacial score (nSPS) is 15.1. The van der Waals surface area contributed by atoms with Crippen LogP contribution in [-0.2, 0) is 0 Å². The first-order valence-electron chi connectivity index (χ1n) is 10.0. The van der Waals surface area contributed by atoms with Crippen LogP contribution in [0.1, 0.15) is 32.1 Å². The molecular formula is C22H24N4O2S. The molecule has 3 heterocycles.